The zero-order valence-electron chi connectivity index (χ0n) is 9.77. The van der Waals surface area contributed by atoms with Gasteiger partial charge in [-0.25, -0.2) is 0 Å². The Hall–Kier alpha value is -0.570. The number of piperidine rings is 1. The highest BCUT2D eigenvalue weighted by molar-refractivity contribution is 5.70. The molecule has 4 atom stereocenters. The van der Waals surface area contributed by atoms with E-state index in [0.717, 1.165) is 43.8 Å². The minimum Gasteiger partial charge on any atom is -0.481 e. The lowest BCUT2D eigenvalue weighted by atomic mass is 9.74. The molecule has 0 aromatic heterocycles. The van der Waals surface area contributed by atoms with E-state index in [-0.39, 0.29) is 5.92 Å². The zero-order chi connectivity index (χ0) is 11.1. The number of hydrogen-bond donors (Lipinski definition) is 1. The van der Waals surface area contributed by atoms with Gasteiger partial charge in [-0.3, -0.25) is 9.69 Å². The van der Waals surface area contributed by atoms with E-state index in [1.165, 1.54) is 25.7 Å². The molecule has 90 valence electrons. The van der Waals surface area contributed by atoms with Crippen LogP contribution in [0.1, 0.15) is 38.5 Å². The van der Waals surface area contributed by atoms with Crippen molar-refractivity contribution in [1.82, 2.24) is 4.90 Å². The Morgan fingerprint density at radius 1 is 1.12 bits per heavy atom. The third kappa shape index (κ3) is 1.65. The summed E-state index contributed by atoms with van der Waals surface area (Å²) >= 11 is 0. The van der Waals surface area contributed by atoms with E-state index in [0.29, 0.717) is 0 Å². The Bertz CT molecular complexity index is 292. The summed E-state index contributed by atoms with van der Waals surface area (Å²) < 4.78 is 0. The Balaban J connectivity index is 1.64. The molecule has 0 bridgehead atoms. The van der Waals surface area contributed by atoms with E-state index in [2.05, 4.69) is 4.90 Å². The first-order chi connectivity index (χ1) is 7.75. The fourth-order valence-corrected chi connectivity index (χ4v) is 4.02. The van der Waals surface area contributed by atoms with Crippen LogP contribution in [0, 0.1) is 17.8 Å². The molecule has 2 saturated carbocycles. The summed E-state index contributed by atoms with van der Waals surface area (Å²) in [6.45, 7) is 1.95. The van der Waals surface area contributed by atoms with Crippen molar-refractivity contribution in [2.75, 3.05) is 13.1 Å². The fraction of sp³-hybridized carbons (Fsp3) is 0.923. The van der Waals surface area contributed by atoms with Crippen LogP contribution in [0.5, 0.6) is 0 Å². The first-order valence-corrected chi connectivity index (χ1v) is 6.72. The first-order valence-electron chi connectivity index (χ1n) is 6.72. The van der Waals surface area contributed by atoms with Crippen molar-refractivity contribution in [2.45, 2.75) is 44.6 Å². The number of fused-ring (bicyclic) bond motifs is 1. The molecule has 3 heteroatoms. The van der Waals surface area contributed by atoms with E-state index < -0.39 is 5.97 Å². The van der Waals surface area contributed by atoms with Crippen LogP contribution in [-0.4, -0.2) is 35.1 Å². The van der Waals surface area contributed by atoms with E-state index >= 15 is 0 Å². The third-order valence-electron chi connectivity index (χ3n) is 5.07. The lowest BCUT2D eigenvalue weighted by Crippen LogP contribution is -2.48. The van der Waals surface area contributed by atoms with Gasteiger partial charge in [-0.05, 0) is 56.9 Å². The molecule has 3 nitrogen and oxygen atoms in total. The van der Waals surface area contributed by atoms with Crippen LogP contribution in [0.3, 0.4) is 0 Å². The maximum atomic E-state index is 11.0. The number of rotatable bonds is 2. The summed E-state index contributed by atoms with van der Waals surface area (Å²) in [5.74, 6) is 1.20. The summed E-state index contributed by atoms with van der Waals surface area (Å²) in [7, 11) is 0. The molecule has 3 aliphatic rings. The fourth-order valence-electron chi connectivity index (χ4n) is 4.02. The van der Waals surface area contributed by atoms with E-state index in [4.69, 9.17) is 5.11 Å². The summed E-state index contributed by atoms with van der Waals surface area (Å²) in [6, 6.07) is 0.723. The quantitative estimate of drug-likeness (QED) is 0.778. The van der Waals surface area contributed by atoms with Crippen LogP contribution in [0.2, 0.25) is 0 Å². The van der Waals surface area contributed by atoms with Crippen LogP contribution >= 0.6 is 0 Å². The van der Waals surface area contributed by atoms with Crippen LogP contribution in [0.15, 0.2) is 0 Å². The van der Waals surface area contributed by atoms with Crippen molar-refractivity contribution in [3.8, 4) is 0 Å². The van der Waals surface area contributed by atoms with Gasteiger partial charge in [0.2, 0.25) is 0 Å². The number of aliphatic carboxylic acids is 1. The average Bonchev–Trinajstić information content (AvgIpc) is 2.54. The number of carboxylic acids is 1. The molecule has 4 unspecified atom stereocenters. The van der Waals surface area contributed by atoms with Crippen molar-refractivity contribution in [3.63, 3.8) is 0 Å². The van der Waals surface area contributed by atoms with Crippen LogP contribution in [0.4, 0.5) is 0 Å². The molecule has 3 rings (SSSR count). The van der Waals surface area contributed by atoms with Gasteiger partial charge in [0, 0.05) is 12.6 Å². The smallest absolute Gasteiger partial charge is 0.307 e. The van der Waals surface area contributed by atoms with E-state index in [9.17, 15) is 4.79 Å². The summed E-state index contributed by atoms with van der Waals surface area (Å²) in [4.78, 5) is 13.5. The largest absolute Gasteiger partial charge is 0.481 e. The summed E-state index contributed by atoms with van der Waals surface area (Å²) in [6.07, 6.45) is 7.49. The molecule has 1 saturated heterocycles. The minimum atomic E-state index is -0.590. The predicted molar refractivity (Wildman–Crippen MR) is 61.2 cm³/mol. The lowest BCUT2D eigenvalue weighted by molar-refractivity contribution is -0.144. The standard InChI is InChI=1S/C13H21NO2/c15-13(16)10-2-1-7-14(8-10)12-6-4-9-3-5-11(9)12/h9-12H,1-8H2,(H,15,16). The topological polar surface area (TPSA) is 40.5 Å². The molecule has 1 N–H and O–H groups in total. The Labute approximate surface area is 96.8 Å². The van der Waals surface area contributed by atoms with Crippen molar-refractivity contribution in [3.05, 3.63) is 0 Å². The SMILES string of the molecule is O=C(O)C1CCCN(C2CCC3CCC32)C1. The second kappa shape index (κ2) is 4.02. The molecule has 0 spiro atoms. The van der Waals surface area contributed by atoms with Gasteiger partial charge >= 0.3 is 5.97 Å². The number of likely N-dealkylation sites (tertiary alicyclic amines) is 1. The lowest BCUT2D eigenvalue weighted by Gasteiger charge is -2.42. The van der Waals surface area contributed by atoms with Crippen molar-refractivity contribution in [2.24, 2.45) is 17.8 Å². The normalized spacial score (nSPS) is 43.8. The van der Waals surface area contributed by atoms with Crippen LogP contribution in [0.25, 0.3) is 0 Å². The number of nitrogens with zero attached hydrogens (tertiary/aromatic N) is 1. The van der Waals surface area contributed by atoms with Gasteiger partial charge in [0.25, 0.3) is 0 Å². The van der Waals surface area contributed by atoms with Gasteiger partial charge in [-0.2, -0.15) is 0 Å². The van der Waals surface area contributed by atoms with Gasteiger partial charge in [-0.15, -0.1) is 0 Å². The van der Waals surface area contributed by atoms with Gasteiger partial charge in [0.1, 0.15) is 0 Å². The molecule has 1 aliphatic heterocycles. The van der Waals surface area contributed by atoms with E-state index in [1.54, 1.807) is 0 Å². The number of carbonyl (C=O) groups is 1. The molecule has 3 fully saturated rings. The highest BCUT2D eigenvalue weighted by Crippen LogP contribution is 2.49. The van der Waals surface area contributed by atoms with Gasteiger partial charge < -0.3 is 5.11 Å². The summed E-state index contributed by atoms with van der Waals surface area (Å²) in [5.41, 5.74) is 0. The average molecular weight is 223 g/mol. The Morgan fingerprint density at radius 3 is 2.56 bits per heavy atom. The molecular formula is C13H21NO2. The van der Waals surface area contributed by atoms with Gasteiger partial charge in [0.05, 0.1) is 5.92 Å². The van der Waals surface area contributed by atoms with Crippen molar-refractivity contribution < 1.29 is 9.90 Å². The van der Waals surface area contributed by atoms with Gasteiger partial charge in [-0.1, -0.05) is 0 Å². The monoisotopic (exact) mass is 223 g/mol. The third-order valence-corrected chi connectivity index (χ3v) is 5.07. The first kappa shape index (κ1) is 10.6. The number of carboxylic acid groups (broad SMARTS) is 1. The number of hydrogen-bond acceptors (Lipinski definition) is 2. The Kier molecular flexibility index (Phi) is 2.66. The molecule has 0 amide bonds. The van der Waals surface area contributed by atoms with Gasteiger partial charge in [0.15, 0.2) is 0 Å². The second-order valence-corrected chi connectivity index (χ2v) is 5.82. The van der Waals surface area contributed by atoms with Crippen molar-refractivity contribution >= 4 is 5.97 Å². The van der Waals surface area contributed by atoms with Crippen molar-refractivity contribution in [1.29, 1.82) is 0 Å². The van der Waals surface area contributed by atoms with Crippen LogP contribution < -0.4 is 0 Å². The highest BCUT2D eigenvalue weighted by atomic mass is 16.4. The zero-order valence-corrected chi connectivity index (χ0v) is 9.77. The second-order valence-electron chi connectivity index (χ2n) is 5.82. The maximum absolute atomic E-state index is 11.0. The molecule has 1 heterocycles. The molecule has 0 aromatic carbocycles. The van der Waals surface area contributed by atoms with E-state index in [1.807, 2.05) is 0 Å². The highest BCUT2D eigenvalue weighted by Gasteiger charge is 2.45. The molecule has 16 heavy (non-hydrogen) atoms. The Morgan fingerprint density at radius 2 is 1.94 bits per heavy atom. The molecule has 0 aromatic rings. The minimum absolute atomic E-state index is 0.104. The molecule has 2 aliphatic carbocycles. The maximum Gasteiger partial charge on any atom is 0.307 e. The molecule has 0 radical (unpaired) electrons. The predicted octanol–water partition coefficient (Wildman–Crippen LogP) is 1.97. The molecular weight excluding hydrogens is 202 g/mol. The summed E-state index contributed by atoms with van der Waals surface area (Å²) in [5, 5.41) is 9.10. The van der Waals surface area contributed by atoms with Crippen LogP contribution in [-0.2, 0) is 4.79 Å².